The minimum absolute atomic E-state index is 0.0192. The monoisotopic (exact) mass is 372 g/mol. The van der Waals surface area contributed by atoms with Crippen LogP contribution in [-0.2, 0) is 14.3 Å². The summed E-state index contributed by atoms with van der Waals surface area (Å²) in [4.78, 5) is 40.5. The molecule has 0 atom stereocenters. The molecule has 1 aliphatic heterocycles. The second kappa shape index (κ2) is 7.45. The first kappa shape index (κ1) is 18.4. The Kier molecular flexibility index (Phi) is 5.07. The van der Waals surface area contributed by atoms with Crippen molar-refractivity contribution in [2.24, 2.45) is 0 Å². The van der Waals surface area contributed by atoms with Crippen LogP contribution in [0.15, 0.2) is 58.5 Å². The van der Waals surface area contributed by atoms with Crippen molar-refractivity contribution in [3.63, 3.8) is 0 Å². The molecule has 0 saturated carbocycles. The first-order valence-electron chi connectivity index (χ1n) is 8.37. The van der Waals surface area contributed by atoms with E-state index in [0.29, 0.717) is 13.1 Å². The number of benzene rings is 1. The molecule has 1 aromatic heterocycles. The fourth-order valence-electron chi connectivity index (χ4n) is 2.77. The van der Waals surface area contributed by atoms with Gasteiger partial charge in [0.2, 0.25) is 11.5 Å². The number of halogens is 1. The maximum Gasteiger partial charge on any atom is 0.379 e. The number of likely N-dealkylation sites (N-methyl/N-ethyl adjacent to an activating group) is 1. The number of carbonyl (C=O) groups excluding carboxylic acids is 3. The highest BCUT2D eigenvalue weighted by Crippen LogP contribution is 2.30. The third-order valence-electron chi connectivity index (χ3n) is 4.10. The van der Waals surface area contributed by atoms with Gasteiger partial charge in [-0.1, -0.05) is 0 Å². The van der Waals surface area contributed by atoms with Crippen molar-refractivity contribution in [2.45, 2.75) is 13.8 Å². The minimum atomic E-state index is -0.887. The van der Waals surface area contributed by atoms with Gasteiger partial charge in [-0.05, 0) is 50.2 Å². The fourth-order valence-corrected chi connectivity index (χ4v) is 2.77. The van der Waals surface area contributed by atoms with Crippen molar-refractivity contribution < 1.29 is 27.9 Å². The predicted octanol–water partition coefficient (Wildman–Crippen LogP) is 2.70. The third kappa shape index (κ3) is 3.33. The van der Waals surface area contributed by atoms with E-state index in [2.05, 4.69) is 0 Å². The Labute approximate surface area is 154 Å². The molecule has 0 bridgehead atoms. The Bertz CT molecular complexity index is 899. The molecular formula is C19H17FN2O5. The number of hydrogen-bond donors (Lipinski definition) is 0. The predicted molar refractivity (Wildman–Crippen MR) is 93.0 cm³/mol. The SMILES string of the molecule is CCN(CC)C1=C(OC(=O)c2ccco2)C(=O)N(c2ccc(F)cc2)C1=O. The number of ether oxygens (including phenoxy) is 1. The van der Waals surface area contributed by atoms with Crippen LogP contribution in [0.5, 0.6) is 0 Å². The van der Waals surface area contributed by atoms with E-state index >= 15 is 0 Å². The average Bonchev–Trinajstić information content (AvgIpc) is 3.27. The van der Waals surface area contributed by atoms with Gasteiger partial charge in [0.15, 0.2) is 5.70 Å². The van der Waals surface area contributed by atoms with Gasteiger partial charge < -0.3 is 14.1 Å². The fraction of sp³-hybridized carbons (Fsp3) is 0.211. The van der Waals surface area contributed by atoms with E-state index in [9.17, 15) is 18.8 Å². The summed E-state index contributed by atoms with van der Waals surface area (Å²) in [5.74, 6) is -3.30. The molecule has 27 heavy (non-hydrogen) atoms. The molecule has 0 unspecified atom stereocenters. The Morgan fingerprint density at radius 3 is 2.33 bits per heavy atom. The molecule has 0 aliphatic carbocycles. The van der Waals surface area contributed by atoms with Crippen LogP contribution in [-0.4, -0.2) is 35.8 Å². The summed E-state index contributed by atoms with van der Waals surface area (Å²) < 4.78 is 23.4. The maximum absolute atomic E-state index is 13.2. The van der Waals surface area contributed by atoms with E-state index in [1.807, 2.05) is 0 Å². The number of amides is 2. The van der Waals surface area contributed by atoms with Gasteiger partial charge in [-0.2, -0.15) is 0 Å². The smallest absolute Gasteiger partial charge is 0.379 e. The van der Waals surface area contributed by atoms with Crippen LogP contribution in [0.25, 0.3) is 0 Å². The van der Waals surface area contributed by atoms with Gasteiger partial charge in [-0.25, -0.2) is 14.1 Å². The molecule has 3 rings (SSSR count). The highest BCUT2D eigenvalue weighted by molar-refractivity contribution is 6.32. The topological polar surface area (TPSA) is 80.1 Å². The molecule has 0 saturated heterocycles. The Morgan fingerprint density at radius 2 is 1.78 bits per heavy atom. The van der Waals surface area contributed by atoms with Gasteiger partial charge in [-0.3, -0.25) is 9.59 Å². The van der Waals surface area contributed by atoms with Crippen LogP contribution in [0.4, 0.5) is 10.1 Å². The molecule has 1 aliphatic rings. The minimum Gasteiger partial charge on any atom is -0.457 e. The lowest BCUT2D eigenvalue weighted by Crippen LogP contribution is -2.35. The molecule has 2 amide bonds. The number of furan rings is 1. The molecule has 1 aromatic carbocycles. The largest absolute Gasteiger partial charge is 0.457 e. The molecule has 0 N–H and O–H groups in total. The van der Waals surface area contributed by atoms with Gasteiger partial charge >= 0.3 is 11.9 Å². The first-order valence-corrected chi connectivity index (χ1v) is 8.37. The summed E-state index contributed by atoms with van der Waals surface area (Å²) in [7, 11) is 0. The van der Waals surface area contributed by atoms with Crippen molar-refractivity contribution in [3.05, 3.63) is 65.7 Å². The van der Waals surface area contributed by atoms with Crippen LogP contribution in [0.2, 0.25) is 0 Å². The molecule has 0 spiro atoms. The zero-order chi connectivity index (χ0) is 19.6. The van der Waals surface area contributed by atoms with Gasteiger partial charge in [0.1, 0.15) is 5.82 Å². The van der Waals surface area contributed by atoms with Crippen LogP contribution in [0.3, 0.4) is 0 Å². The standard InChI is InChI=1S/C19H17FN2O5/c1-3-21(4-2)15-16(27-19(25)14-6-5-11-26-14)18(24)22(17(15)23)13-9-7-12(20)8-10-13/h5-11H,3-4H2,1-2H3. The summed E-state index contributed by atoms with van der Waals surface area (Å²) in [6.45, 7) is 4.45. The van der Waals surface area contributed by atoms with Crippen LogP contribution >= 0.6 is 0 Å². The second-order valence-electron chi connectivity index (χ2n) is 5.64. The van der Waals surface area contributed by atoms with Crippen molar-refractivity contribution in [1.82, 2.24) is 4.90 Å². The van der Waals surface area contributed by atoms with Gasteiger partial charge in [-0.15, -0.1) is 0 Å². The van der Waals surface area contributed by atoms with Gasteiger partial charge in [0.05, 0.1) is 12.0 Å². The average molecular weight is 372 g/mol. The summed E-state index contributed by atoms with van der Waals surface area (Å²) in [6.07, 6.45) is 1.29. The lowest BCUT2D eigenvalue weighted by Gasteiger charge is -2.22. The van der Waals surface area contributed by atoms with Crippen molar-refractivity contribution in [1.29, 1.82) is 0 Å². The Morgan fingerprint density at radius 1 is 1.11 bits per heavy atom. The number of nitrogens with zero attached hydrogens (tertiary/aromatic N) is 2. The first-order chi connectivity index (χ1) is 13.0. The molecule has 8 heteroatoms. The highest BCUT2D eigenvalue weighted by atomic mass is 19.1. The lowest BCUT2D eigenvalue weighted by molar-refractivity contribution is -0.122. The van der Waals surface area contributed by atoms with E-state index in [0.717, 1.165) is 17.0 Å². The normalized spacial score (nSPS) is 14.1. The number of carbonyl (C=O) groups is 3. The van der Waals surface area contributed by atoms with Crippen LogP contribution < -0.4 is 4.90 Å². The van der Waals surface area contributed by atoms with Crippen LogP contribution in [0, 0.1) is 5.82 Å². The van der Waals surface area contributed by atoms with Crippen LogP contribution in [0.1, 0.15) is 24.4 Å². The summed E-state index contributed by atoms with van der Waals surface area (Å²) >= 11 is 0. The Balaban J connectivity index is 2.01. The van der Waals surface area contributed by atoms with E-state index in [-0.39, 0.29) is 22.9 Å². The summed E-state index contributed by atoms with van der Waals surface area (Å²) in [5.41, 5.74) is 0.161. The zero-order valence-corrected chi connectivity index (χ0v) is 14.8. The van der Waals surface area contributed by atoms with E-state index in [4.69, 9.17) is 9.15 Å². The number of hydrogen-bond acceptors (Lipinski definition) is 6. The second-order valence-corrected chi connectivity index (χ2v) is 5.64. The van der Waals surface area contributed by atoms with Crippen molar-refractivity contribution in [3.8, 4) is 0 Å². The molecule has 140 valence electrons. The van der Waals surface area contributed by atoms with Crippen molar-refractivity contribution >= 4 is 23.5 Å². The number of esters is 1. The molecule has 0 fully saturated rings. The zero-order valence-electron chi connectivity index (χ0n) is 14.8. The highest BCUT2D eigenvalue weighted by Gasteiger charge is 2.44. The lowest BCUT2D eigenvalue weighted by atomic mass is 10.3. The number of imide groups is 1. The molecule has 2 heterocycles. The van der Waals surface area contributed by atoms with Gasteiger partial charge in [0, 0.05) is 13.1 Å². The molecule has 7 nitrogen and oxygen atoms in total. The number of anilines is 1. The van der Waals surface area contributed by atoms with E-state index in [1.165, 1.54) is 30.5 Å². The Hall–Kier alpha value is -3.42. The maximum atomic E-state index is 13.2. The van der Waals surface area contributed by atoms with E-state index < -0.39 is 23.6 Å². The third-order valence-corrected chi connectivity index (χ3v) is 4.10. The van der Waals surface area contributed by atoms with Crippen molar-refractivity contribution in [2.75, 3.05) is 18.0 Å². The molecule has 2 aromatic rings. The quantitative estimate of drug-likeness (QED) is 0.573. The number of rotatable bonds is 6. The molecular weight excluding hydrogens is 355 g/mol. The van der Waals surface area contributed by atoms with E-state index in [1.54, 1.807) is 18.7 Å². The van der Waals surface area contributed by atoms with Gasteiger partial charge in [0.25, 0.3) is 5.91 Å². The summed E-state index contributed by atoms with van der Waals surface area (Å²) in [6, 6.07) is 7.78. The molecule has 0 radical (unpaired) electrons. The summed E-state index contributed by atoms with van der Waals surface area (Å²) in [5, 5.41) is 0.